The van der Waals surface area contributed by atoms with Crippen LogP contribution in [0, 0.1) is 0 Å². The molecule has 0 heterocycles. The summed E-state index contributed by atoms with van der Waals surface area (Å²) >= 11 is 0. The van der Waals surface area contributed by atoms with Crippen molar-refractivity contribution in [3.8, 4) is 0 Å². The highest BCUT2D eigenvalue weighted by atomic mass is 16.6. The van der Waals surface area contributed by atoms with Crippen molar-refractivity contribution in [3.63, 3.8) is 0 Å². The van der Waals surface area contributed by atoms with Gasteiger partial charge in [-0.25, -0.2) is 4.79 Å². The topological polar surface area (TPSA) is 87.7 Å². The number of hydrogen-bond donors (Lipinski definition) is 2. The molecule has 1 fully saturated rings. The minimum atomic E-state index is -0.869. The van der Waals surface area contributed by atoms with Gasteiger partial charge in [0.15, 0.2) is 0 Å². The number of carbonyl (C=O) groups excluding carboxylic acids is 3. The van der Waals surface area contributed by atoms with Crippen LogP contribution in [0.15, 0.2) is 30.8 Å². The van der Waals surface area contributed by atoms with Crippen molar-refractivity contribution in [2.75, 3.05) is 0 Å². The SMILES string of the molecule is C=Cc1cccc(C(C(=O)NC2CCCCC2)N(C(=O)C(C)NC(=O)OC(C)(C)C)C(C)CC)c1. The Morgan fingerprint density at radius 2 is 1.83 bits per heavy atom. The Kier molecular flexibility index (Phi) is 10.3. The van der Waals surface area contributed by atoms with Gasteiger partial charge in [0.05, 0.1) is 0 Å². The molecule has 0 bridgehead atoms. The Balaban J connectivity index is 2.41. The molecule has 35 heavy (non-hydrogen) atoms. The lowest BCUT2D eigenvalue weighted by atomic mass is 9.94. The first kappa shape index (κ1) is 28.4. The Labute approximate surface area is 210 Å². The summed E-state index contributed by atoms with van der Waals surface area (Å²) < 4.78 is 5.34. The minimum Gasteiger partial charge on any atom is -0.444 e. The molecule has 194 valence electrons. The molecule has 3 unspecified atom stereocenters. The van der Waals surface area contributed by atoms with E-state index >= 15 is 0 Å². The van der Waals surface area contributed by atoms with Gasteiger partial charge < -0.3 is 20.3 Å². The van der Waals surface area contributed by atoms with Crippen LogP contribution in [0.4, 0.5) is 4.79 Å². The smallest absolute Gasteiger partial charge is 0.408 e. The number of carbonyl (C=O) groups is 3. The largest absolute Gasteiger partial charge is 0.444 e. The summed E-state index contributed by atoms with van der Waals surface area (Å²) in [5.74, 6) is -0.533. The molecule has 3 atom stereocenters. The fraction of sp³-hybridized carbons (Fsp3) is 0.607. The van der Waals surface area contributed by atoms with Crippen LogP contribution in [0.5, 0.6) is 0 Å². The van der Waals surface area contributed by atoms with E-state index in [1.165, 1.54) is 6.42 Å². The molecule has 2 N–H and O–H groups in total. The van der Waals surface area contributed by atoms with Crippen LogP contribution in [0.25, 0.3) is 6.08 Å². The van der Waals surface area contributed by atoms with Gasteiger partial charge in [0.2, 0.25) is 11.8 Å². The molecule has 0 saturated heterocycles. The van der Waals surface area contributed by atoms with Gasteiger partial charge in [-0.1, -0.05) is 57.0 Å². The van der Waals surface area contributed by atoms with Gasteiger partial charge in [-0.15, -0.1) is 0 Å². The summed E-state index contributed by atoms with van der Waals surface area (Å²) in [6.07, 6.45) is 6.96. The summed E-state index contributed by atoms with van der Waals surface area (Å²) in [6, 6.07) is 5.71. The number of alkyl carbamates (subject to hydrolysis) is 1. The van der Waals surface area contributed by atoms with Crippen LogP contribution in [-0.4, -0.2) is 46.5 Å². The molecule has 3 amide bonds. The van der Waals surface area contributed by atoms with E-state index in [1.54, 1.807) is 38.7 Å². The van der Waals surface area contributed by atoms with Crippen molar-refractivity contribution in [1.82, 2.24) is 15.5 Å². The number of nitrogens with one attached hydrogen (secondary N) is 2. The van der Waals surface area contributed by atoms with Gasteiger partial charge in [0.1, 0.15) is 17.7 Å². The molecule has 0 radical (unpaired) electrons. The third kappa shape index (κ3) is 8.41. The Hall–Kier alpha value is -2.83. The van der Waals surface area contributed by atoms with Crippen LogP contribution in [0.3, 0.4) is 0 Å². The molecule has 7 heteroatoms. The van der Waals surface area contributed by atoms with Crippen LogP contribution < -0.4 is 10.6 Å². The molecule has 0 aromatic heterocycles. The second kappa shape index (κ2) is 12.8. The van der Waals surface area contributed by atoms with Gasteiger partial charge in [0.25, 0.3) is 0 Å². The lowest BCUT2D eigenvalue weighted by Gasteiger charge is -2.38. The number of hydrogen-bond acceptors (Lipinski definition) is 4. The van der Waals surface area contributed by atoms with Gasteiger partial charge >= 0.3 is 6.09 Å². The molecule has 7 nitrogen and oxygen atoms in total. The lowest BCUT2D eigenvalue weighted by molar-refractivity contribution is -0.145. The maximum atomic E-state index is 13.8. The maximum absolute atomic E-state index is 13.8. The molecule has 1 aromatic rings. The molecule has 2 rings (SSSR count). The van der Waals surface area contributed by atoms with E-state index in [2.05, 4.69) is 17.2 Å². The summed E-state index contributed by atoms with van der Waals surface area (Å²) in [7, 11) is 0. The number of nitrogens with zero attached hydrogens (tertiary/aromatic N) is 1. The van der Waals surface area contributed by atoms with E-state index < -0.39 is 23.8 Å². The number of benzene rings is 1. The number of amides is 3. The molecule has 1 aromatic carbocycles. The molecular weight excluding hydrogens is 442 g/mol. The Morgan fingerprint density at radius 3 is 2.40 bits per heavy atom. The van der Waals surface area contributed by atoms with Crippen LogP contribution in [0.2, 0.25) is 0 Å². The van der Waals surface area contributed by atoms with Crippen LogP contribution in [-0.2, 0) is 14.3 Å². The molecule has 1 aliphatic carbocycles. The van der Waals surface area contributed by atoms with E-state index in [1.807, 2.05) is 38.1 Å². The van der Waals surface area contributed by atoms with E-state index in [0.717, 1.165) is 31.2 Å². The molecule has 0 aliphatic heterocycles. The van der Waals surface area contributed by atoms with E-state index in [-0.39, 0.29) is 23.9 Å². The average Bonchev–Trinajstić information content (AvgIpc) is 2.80. The zero-order valence-corrected chi connectivity index (χ0v) is 22.2. The Bertz CT molecular complexity index is 886. The quantitative estimate of drug-likeness (QED) is 0.493. The van der Waals surface area contributed by atoms with Crippen LogP contribution in [0.1, 0.15) is 97.2 Å². The highest BCUT2D eigenvalue weighted by Gasteiger charge is 2.37. The van der Waals surface area contributed by atoms with Crippen molar-refractivity contribution in [2.45, 2.75) is 110 Å². The number of rotatable bonds is 9. The second-order valence-electron chi connectivity index (χ2n) is 10.5. The third-order valence-electron chi connectivity index (χ3n) is 6.36. The summed E-state index contributed by atoms with van der Waals surface area (Å²) in [5, 5.41) is 5.85. The van der Waals surface area contributed by atoms with E-state index in [9.17, 15) is 14.4 Å². The van der Waals surface area contributed by atoms with Gasteiger partial charge in [-0.05, 0) is 71.1 Å². The van der Waals surface area contributed by atoms with Crippen molar-refractivity contribution in [2.24, 2.45) is 0 Å². The second-order valence-corrected chi connectivity index (χ2v) is 10.5. The van der Waals surface area contributed by atoms with Crippen molar-refractivity contribution < 1.29 is 19.1 Å². The monoisotopic (exact) mass is 485 g/mol. The minimum absolute atomic E-state index is 0.104. The standard InChI is InChI=1S/C28H43N3O4/c1-8-19(3)31(26(33)20(4)29-27(34)35-28(5,6)7)24(22-15-13-14-21(9-2)18-22)25(32)30-23-16-11-10-12-17-23/h9,13-15,18-20,23-24H,2,8,10-12,16-17H2,1,3-7H3,(H,29,34)(H,30,32). The van der Waals surface area contributed by atoms with Gasteiger partial charge in [0, 0.05) is 12.1 Å². The lowest BCUT2D eigenvalue weighted by Crippen LogP contribution is -2.55. The van der Waals surface area contributed by atoms with Crippen molar-refractivity contribution in [3.05, 3.63) is 42.0 Å². The van der Waals surface area contributed by atoms with E-state index in [0.29, 0.717) is 12.0 Å². The van der Waals surface area contributed by atoms with E-state index in [4.69, 9.17) is 4.74 Å². The van der Waals surface area contributed by atoms with Gasteiger partial charge in [-0.3, -0.25) is 9.59 Å². The summed E-state index contributed by atoms with van der Waals surface area (Å²) in [5.41, 5.74) is 0.903. The fourth-order valence-electron chi connectivity index (χ4n) is 4.39. The zero-order valence-electron chi connectivity index (χ0n) is 22.2. The summed E-state index contributed by atoms with van der Waals surface area (Å²) in [6.45, 7) is 14.7. The molecule has 1 aliphatic rings. The predicted molar refractivity (Wildman–Crippen MR) is 140 cm³/mol. The normalized spacial score (nSPS) is 17.0. The first-order chi connectivity index (χ1) is 16.5. The predicted octanol–water partition coefficient (Wildman–Crippen LogP) is 5.36. The highest BCUT2D eigenvalue weighted by Crippen LogP contribution is 2.28. The Morgan fingerprint density at radius 1 is 1.17 bits per heavy atom. The maximum Gasteiger partial charge on any atom is 0.408 e. The summed E-state index contributed by atoms with van der Waals surface area (Å²) in [4.78, 5) is 41.5. The van der Waals surface area contributed by atoms with Crippen molar-refractivity contribution >= 4 is 24.0 Å². The van der Waals surface area contributed by atoms with Crippen LogP contribution >= 0.6 is 0 Å². The fourth-order valence-corrected chi connectivity index (χ4v) is 4.39. The third-order valence-corrected chi connectivity index (χ3v) is 6.36. The average molecular weight is 486 g/mol. The zero-order chi connectivity index (χ0) is 26.2. The number of ether oxygens (including phenoxy) is 1. The van der Waals surface area contributed by atoms with Gasteiger partial charge in [-0.2, -0.15) is 0 Å². The molecule has 0 spiro atoms. The highest BCUT2D eigenvalue weighted by molar-refractivity contribution is 5.92. The molecular formula is C28H43N3O4. The molecule has 1 saturated carbocycles. The first-order valence-corrected chi connectivity index (χ1v) is 12.8. The van der Waals surface area contributed by atoms with Crippen molar-refractivity contribution in [1.29, 1.82) is 0 Å². The first-order valence-electron chi connectivity index (χ1n) is 12.8.